The smallest absolute Gasteiger partial charge is 0.303 e. The zero-order valence-corrected chi connectivity index (χ0v) is 9.15. The first kappa shape index (κ1) is 13.0. The van der Waals surface area contributed by atoms with Gasteiger partial charge >= 0.3 is 5.97 Å². The van der Waals surface area contributed by atoms with Gasteiger partial charge in [-0.1, -0.05) is 32.1 Å². The van der Waals surface area contributed by atoms with Crippen LogP contribution in [0.5, 0.6) is 0 Å². The molecule has 13 heavy (non-hydrogen) atoms. The number of hydrogen-bond donors (Lipinski definition) is 1. The summed E-state index contributed by atoms with van der Waals surface area (Å²) in [7, 11) is 0. The van der Waals surface area contributed by atoms with Crippen LogP contribution in [-0.4, -0.2) is 11.1 Å². The van der Waals surface area contributed by atoms with Gasteiger partial charge < -0.3 is 5.11 Å². The van der Waals surface area contributed by atoms with E-state index in [-0.39, 0.29) is 17.1 Å². The van der Waals surface area contributed by atoms with Gasteiger partial charge in [0.2, 0.25) is 0 Å². The van der Waals surface area contributed by atoms with E-state index in [1.54, 1.807) is 0 Å². The summed E-state index contributed by atoms with van der Waals surface area (Å²) in [6, 6.07) is 0. The summed E-state index contributed by atoms with van der Waals surface area (Å²) in [5, 5.41) is 8.44. The third kappa shape index (κ3) is 6.11. The van der Waals surface area contributed by atoms with Crippen LogP contribution in [0.2, 0.25) is 0 Å². The normalized spacial score (nSPS) is 17.8. The number of hydrogen-bond acceptors (Lipinski definition) is 1. The van der Waals surface area contributed by atoms with Crippen molar-refractivity contribution >= 4 is 5.97 Å². The molecule has 0 aliphatic heterocycles. The fraction of sp³-hybridized carbons (Fsp3) is 0.900. The van der Waals surface area contributed by atoms with Crippen LogP contribution >= 0.6 is 0 Å². The number of carbonyl (C=O) groups is 1. The van der Waals surface area contributed by atoms with Gasteiger partial charge in [0.15, 0.2) is 0 Å². The predicted octanol–water partition coefficient (Wildman–Crippen LogP) is 2.82. The maximum Gasteiger partial charge on any atom is 0.303 e. The summed E-state index contributed by atoms with van der Waals surface area (Å²) in [5.74, 6) is 0.184. The third-order valence-electron chi connectivity index (χ3n) is 2.73. The Balaban J connectivity index is 0.00000144. The van der Waals surface area contributed by atoms with Crippen LogP contribution in [-0.2, 0) is 21.9 Å². The van der Waals surface area contributed by atoms with Crippen molar-refractivity contribution in [3.63, 3.8) is 0 Å². The van der Waals surface area contributed by atoms with E-state index in [2.05, 4.69) is 0 Å². The van der Waals surface area contributed by atoms with Crippen LogP contribution in [0.15, 0.2) is 0 Å². The molecule has 0 unspecified atom stereocenters. The van der Waals surface area contributed by atoms with Crippen LogP contribution in [0.4, 0.5) is 0 Å². The van der Waals surface area contributed by atoms with Crippen molar-refractivity contribution < 1.29 is 27.0 Å². The van der Waals surface area contributed by atoms with E-state index in [1.165, 1.54) is 32.1 Å². The van der Waals surface area contributed by atoms with Gasteiger partial charge in [0, 0.05) is 23.5 Å². The largest absolute Gasteiger partial charge is 0.481 e. The van der Waals surface area contributed by atoms with E-state index < -0.39 is 5.97 Å². The summed E-state index contributed by atoms with van der Waals surface area (Å²) in [5.41, 5.74) is 0. The molecule has 77 valence electrons. The minimum absolute atomic E-state index is 0. The first-order valence-electron chi connectivity index (χ1n) is 5.01. The molecular weight excluding hydrogens is 207 g/mol. The Kier molecular flexibility index (Phi) is 7.39. The number of carboxylic acid groups (broad SMARTS) is 1. The van der Waals surface area contributed by atoms with Crippen LogP contribution in [0.1, 0.15) is 51.4 Å². The van der Waals surface area contributed by atoms with Crippen molar-refractivity contribution in [2.45, 2.75) is 51.4 Å². The number of aliphatic carboxylic acids is 1. The van der Waals surface area contributed by atoms with E-state index in [0.29, 0.717) is 6.42 Å². The molecule has 0 bridgehead atoms. The molecule has 1 saturated carbocycles. The molecule has 1 fully saturated rings. The van der Waals surface area contributed by atoms with Crippen LogP contribution < -0.4 is 0 Å². The maximum atomic E-state index is 10.2. The molecule has 1 aliphatic rings. The molecule has 0 amide bonds. The van der Waals surface area contributed by atoms with E-state index in [0.717, 1.165) is 18.8 Å². The second kappa shape index (κ2) is 7.40. The molecule has 0 aromatic carbocycles. The Bertz CT molecular complexity index is 142. The molecule has 0 atom stereocenters. The molecule has 0 aromatic heterocycles. The van der Waals surface area contributed by atoms with Crippen molar-refractivity contribution in [3.05, 3.63) is 0 Å². The van der Waals surface area contributed by atoms with Crippen LogP contribution in [0.25, 0.3) is 0 Å². The quantitative estimate of drug-likeness (QED) is 0.747. The Hall–Kier alpha value is -0.0105. The fourth-order valence-electron chi connectivity index (χ4n) is 2.02. The van der Waals surface area contributed by atoms with Crippen molar-refractivity contribution in [1.29, 1.82) is 0 Å². The summed E-state index contributed by atoms with van der Waals surface area (Å²) in [4.78, 5) is 10.2. The number of carboxylic acids is 1. The predicted molar refractivity (Wildman–Crippen MR) is 48.1 cm³/mol. The van der Waals surface area contributed by atoms with Gasteiger partial charge in [-0.3, -0.25) is 4.79 Å². The van der Waals surface area contributed by atoms with Crippen LogP contribution in [0.3, 0.4) is 0 Å². The fourth-order valence-corrected chi connectivity index (χ4v) is 2.02. The first-order valence-corrected chi connectivity index (χ1v) is 5.01. The van der Waals surface area contributed by atoms with E-state index in [9.17, 15) is 4.79 Å². The minimum atomic E-state index is -0.647. The molecule has 0 spiro atoms. The van der Waals surface area contributed by atoms with Gasteiger partial charge in [0.25, 0.3) is 0 Å². The molecule has 0 aromatic rings. The standard InChI is InChI=1S/C10H18O2.Mn/c11-10(12)8-4-7-9-5-2-1-3-6-9;/h9H,1-8H2,(H,11,12);. The minimum Gasteiger partial charge on any atom is -0.481 e. The molecule has 0 saturated heterocycles. The second-order valence-corrected chi connectivity index (χ2v) is 3.79. The first-order chi connectivity index (χ1) is 5.79. The van der Waals surface area contributed by atoms with Crippen molar-refractivity contribution in [2.75, 3.05) is 0 Å². The summed E-state index contributed by atoms with van der Waals surface area (Å²) in [6.07, 6.45) is 9.13. The summed E-state index contributed by atoms with van der Waals surface area (Å²) < 4.78 is 0. The van der Waals surface area contributed by atoms with E-state index in [1.807, 2.05) is 0 Å². The van der Waals surface area contributed by atoms with E-state index in [4.69, 9.17) is 5.11 Å². The third-order valence-corrected chi connectivity index (χ3v) is 2.73. The number of rotatable bonds is 4. The maximum absolute atomic E-state index is 10.2. The summed E-state index contributed by atoms with van der Waals surface area (Å²) >= 11 is 0. The summed E-state index contributed by atoms with van der Waals surface area (Å²) in [6.45, 7) is 0. The van der Waals surface area contributed by atoms with Gasteiger partial charge in [-0.2, -0.15) is 0 Å². The zero-order valence-electron chi connectivity index (χ0n) is 7.97. The molecule has 1 N–H and O–H groups in total. The van der Waals surface area contributed by atoms with Gasteiger partial charge in [0.1, 0.15) is 0 Å². The van der Waals surface area contributed by atoms with Gasteiger partial charge in [-0.05, 0) is 18.8 Å². The Morgan fingerprint density at radius 2 is 1.85 bits per heavy atom. The monoisotopic (exact) mass is 225 g/mol. The SMILES string of the molecule is O=C(O)CCCC1CCCCC1.[Mn]. The molecule has 1 rings (SSSR count). The van der Waals surface area contributed by atoms with Crippen molar-refractivity contribution in [3.8, 4) is 0 Å². The Labute approximate surface area is 90.6 Å². The molecule has 3 heteroatoms. The zero-order chi connectivity index (χ0) is 8.81. The Morgan fingerprint density at radius 1 is 1.23 bits per heavy atom. The molecule has 1 aliphatic carbocycles. The average Bonchev–Trinajstić information content (AvgIpc) is 2.05. The van der Waals surface area contributed by atoms with Crippen LogP contribution in [0, 0.1) is 5.92 Å². The molecule has 1 radical (unpaired) electrons. The molecule has 0 heterocycles. The Morgan fingerprint density at radius 3 is 2.38 bits per heavy atom. The molecular formula is C10H18MnO2. The van der Waals surface area contributed by atoms with Gasteiger partial charge in [-0.15, -0.1) is 0 Å². The van der Waals surface area contributed by atoms with Gasteiger partial charge in [-0.25, -0.2) is 0 Å². The van der Waals surface area contributed by atoms with E-state index >= 15 is 0 Å². The van der Waals surface area contributed by atoms with Crippen molar-refractivity contribution in [2.24, 2.45) is 5.92 Å². The molecule has 2 nitrogen and oxygen atoms in total. The van der Waals surface area contributed by atoms with Crippen molar-refractivity contribution in [1.82, 2.24) is 0 Å². The second-order valence-electron chi connectivity index (χ2n) is 3.79. The average molecular weight is 225 g/mol. The van der Waals surface area contributed by atoms with Gasteiger partial charge in [0.05, 0.1) is 0 Å². The topological polar surface area (TPSA) is 37.3 Å².